The van der Waals surface area contributed by atoms with Gasteiger partial charge in [0, 0.05) is 23.0 Å². The molecule has 7 nitrogen and oxygen atoms in total. The van der Waals surface area contributed by atoms with Crippen molar-refractivity contribution in [3.8, 4) is 5.75 Å². The molecule has 0 saturated heterocycles. The summed E-state index contributed by atoms with van der Waals surface area (Å²) in [4.78, 5) is 36.5. The standard InChI is InChI=1S/C22H26N2O5/c1-14-11-19(16(3)24(14)17-9-10-17)20(25)12-29-22(27)15(2)23-21(26)13-28-18-7-5-4-6-8-18/h4-8,11,15,17H,9-10,12-13H2,1-3H3,(H,23,26)/t15-/m0/s1. The van der Waals surface area contributed by atoms with E-state index in [-0.39, 0.29) is 19.0 Å². The number of ether oxygens (including phenoxy) is 2. The Morgan fingerprint density at radius 2 is 1.83 bits per heavy atom. The van der Waals surface area contributed by atoms with E-state index in [0.29, 0.717) is 17.4 Å². The smallest absolute Gasteiger partial charge is 0.328 e. The van der Waals surface area contributed by atoms with Gasteiger partial charge in [0.05, 0.1) is 0 Å². The molecular formula is C22H26N2O5. The van der Waals surface area contributed by atoms with Gasteiger partial charge >= 0.3 is 5.97 Å². The number of hydrogen-bond donors (Lipinski definition) is 1. The number of hydrogen-bond acceptors (Lipinski definition) is 5. The average Bonchev–Trinajstić information content (AvgIpc) is 3.49. The maximum atomic E-state index is 12.5. The Balaban J connectivity index is 1.45. The van der Waals surface area contributed by atoms with E-state index < -0.39 is 17.9 Å². The van der Waals surface area contributed by atoms with Crippen LogP contribution < -0.4 is 10.1 Å². The summed E-state index contributed by atoms with van der Waals surface area (Å²) in [5.74, 6) is -0.795. The Kier molecular flexibility index (Phi) is 6.36. The number of amides is 1. The number of para-hydroxylation sites is 1. The summed E-state index contributed by atoms with van der Waals surface area (Å²) >= 11 is 0. The number of nitrogens with one attached hydrogen (secondary N) is 1. The van der Waals surface area contributed by atoms with Crippen molar-refractivity contribution in [2.24, 2.45) is 0 Å². The van der Waals surface area contributed by atoms with E-state index in [1.165, 1.54) is 6.92 Å². The third-order valence-electron chi connectivity index (χ3n) is 4.89. The van der Waals surface area contributed by atoms with Crippen molar-refractivity contribution in [1.29, 1.82) is 0 Å². The van der Waals surface area contributed by atoms with Gasteiger partial charge in [-0.15, -0.1) is 0 Å². The van der Waals surface area contributed by atoms with Gasteiger partial charge in [0.2, 0.25) is 5.78 Å². The Bertz CT molecular complexity index is 899. The van der Waals surface area contributed by atoms with Crippen molar-refractivity contribution in [2.75, 3.05) is 13.2 Å². The second-order valence-electron chi connectivity index (χ2n) is 7.31. The molecule has 0 spiro atoms. The second-order valence-corrected chi connectivity index (χ2v) is 7.31. The number of aromatic nitrogens is 1. The summed E-state index contributed by atoms with van der Waals surface area (Å²) in [6.45, 7) is 4.83. The van der Waals surface area contributed by atoms with E-state index in [4.69, 9.17) is 9.47 Å². The number of rotatable bonds is 9. The van der Waals surface area contributed by atoms with E-state index in [9.17, 15) is 14.4 Å². The summed E-state index contributed by atoms with van der Waals surface area (Å²) in [6.07, 6.45) is 2.26. The van der Waals surface area contributed by atoms with Crippen LogP contribution in [0.1, 0.15) is 47.6 Å². The fraction of sp³-hybridized carbons (Fsp3) is 0.409. The van der Waals surface area contributed by atoms with Crippen molar-refractivity contribution < 1.29 is 23.9 Å². The van der Waals surface area contributed by atoms with Crippen LogP contribution in [0.25, 0.3) is 0 Å². The van der Waals surface area contributed by atoms with Crippen LogP contribution in [0.5, 0.6) is 5.75 Å². The number of benzene rings is 1. The van der Waals surface area contributed by atoms with Crippen LogP contribution in [0.4, 0.5) is 0 Å². The summed E-state index contributed by atoms with van der Waals surface area (Å²) in [5.41, 5.74) is 2.53. The highest BCUT2D eigenvalue weighted by atomic mass is 16.5. The molecule has 1 N–H and O–H groups in total. The average molecular weight is 398 g/mol. The molecule has 1 atom stereocenters. The van der Waals surface area contributed by atoms with Gasteiger partial charge in [-0.3, -0.25) is 9.59 Å². The molecule has 7 heteroatoms. The molecule has 0 unspecified atom stereocenters. The van der Waals surface area contributed by atoms with Gasteiger partial charge in [0.1, 0.15) is 11.8 Å². The van der Waals surface area contributed by atoms with E-state index in [2.05, 4.69) is 9.88 Å². The predicted molar refractivity (Wildman–Crippen MR) is 107 cm³/mol. The predicted octanol–water partition coefficient (Wildman–Crippen LogP) is 2.75. The summed E-state index contributed by atoms with van der Waals surface area (Å²) in [5, 5.41) is 2.51. The maximum absolute atomic E-state index is 12.5. The van der Waals surface area contributed by atoms with Gasteiger partial charge in [-0.25, -0.2) is 4.79 Å². The highest BCUT2D eigenvalue weighted by molar-refractivity contribution is 5.99. The van der Waals surface area contributed by atoms with Crippen LogP contribution in [0.2, 0.25) is 0 Å². The normalized spacial score (nSPS) is 14.2. The number of carbonyl (C=O) groups is 3. The van der Waals surface area contributed by atoms with E-state index in [1.54, 1.807) is 24.3 Å². The Morgan fingerprint density at radius 1 is 1.14 bits per heavy atom. The van der Waals surface area contributed by atoms with Gasteiger partial charge in [-0.1, -0.05) is 18.2 Å². The number of nitrogens with zero attached hydrogens (tertiary/aromatic N) is 1. The minimum absolute atomic E-state index is 0.215. The van der Waals surface area contributed by atoms with E-state index in [0.717, 1.165) is 24.2 Å². The maximum Gasteiger partial charge on any atom is 0.328 e. The molecule has 0 bridgehead atoms. The van der Waals surface area contributed by atoms with E-state index in [1.807, 2.05) is 26.0 Å². The molecule has 154 valence electrons. The van der Waals surface area contributed by atoms with Crippen molar-refractivity contribution in [3.63, 3.8) is 0 Å². The fourth-order valence-corrected chi connectivity index (χ4v) is 3.30. The first-order chi connectivity index (χ1) is 13.9. The van der Waals surface area contributed by atoms with Crippen molar-refractivity contribution in [1.82, 2.24) is 9.88 Å². The number of esters is 1. The molecule has 29 heavy (non-hydrogen) atoms. The fourth-order valence-electron chi connectivity index (χ4n) is 3.30. The zero-order chi connectivity index (χ0) is 21.0. The number of aryl methyl sites for hydroxylation is 1. The molecule has 3 rings (SSSR count). The zero-order valence-corrected chi connectivity index (χ0v) is 16.9. The molecule has 1 aliphatic carbocycles. The summed E-state index contributed by atoms with van der Waals surface area (Å²) in [7, 11) is 0. The molecule has 1 heterocycles. The van der Waals surface area contributed by atoms with Crippen LogP contribution in [0.3, 0.4) is 0 Å². The van der Waals surface area contributed by atoms with Crippen LogP contribution in [0, 0.1) is 13.8 Å². The summed E-state index contributed by atoms with van der Waals surface area (Å²) < 4.78 is 12.6. The van der Waals surface area contributed by atoms with Crippen LogP contribution in [0.15, 0.2) is 36.4 Å². The minimum Gasteiger partial charge on any atom is -0.484 e. The quantitative estimate of drug-likeness (QED) is 0.518. The van der Waals surface area contributed by atoms with Crippen molar-refractivity contribution in [3.05, 3.63) is 53.3 Å². The Hall–Kier alpha value is -3.09. The Labute approximate surface area is 170 Å². The lowest BCUT2D eigenvalue weighted by atomic mass is 10.1. The highest BCUT2D eigenvalue weighted by Gasteiger charge is 2.28. The largest absolute Gasteiger partial charge is 0.484 e. The first-order valence-electron chi connectivity index (χ1n) is 9.72. The molecule has 1 aromatic heterocycles. The van der Waals surface area contributed by atoms with Crippen LogP contribution >= 0.6 is 0 Å². The van der Waals surface area contributed by atoms with E-state index >= 15 is 0 Å². The lowest BCUT2D eigenvalue weighted by molar-refractivity contribution is -0.146. The molecule has 1 amide bonds. The molecule has 1 fully saturated rings. The van der Waals surface area contributed by atoms with Crippen molar-refractivity contribution >= 4 is 17.7 Å². The lowest BCUT2D eigenvalue weighted by Gasteiger charge is -2.13. The molecular weight excluding hydrogens is 372 g/mol. The third kappa shape index (κ3) is 5.25. The van der Waals surface area contributed by atoms with Crippen molar-refractivity contribution in [2.45, 2.75) is 45.7 Å². The zero-order valence-electron chi connectivity index (χ0n) is 16.9. The van der Waals surface area contributed by atoms with Gasteiger partial charge < -0.3 is 19.4 Å². The Morgan fingerprint density at radius 3 is 2.48 bits per heavy atom. The van der Waals surface area contributed by atoms with Crippen LogP contribution in [-0.2, 0) is 14.3 Å². The minimum atomic E-state index is -0.881. The topological polar surface area (TPSA) is 86.6 Å². The molecule has 0 radical (unpaired) electrons. The van der Waals surface area contributed by atoms with Gasteiger partial charge in [0.15, 0.2) is 13.2 Å². The number of carbonyl (C=O) groups excluding carboxylic acids is 3. The SMILES string of the molecule is Cc1cc(C(=O)COC(=O)[C@H](C)NC(=O)COc2ccccc2)c(C)n1C1CC1. The molecule has 0 aliphatic heterocycles. The number of Topliss-reactive ketones (excluding diaryl/α,β-unsaturated/α-hetero) is 1. The van der Waals surface area contributed by atoms with Gasteiger partial charge in [0.25, 0.3) is 5.91 Å². The van der Waals surface area contributed by atoms with Crippen LogP contribution in [-0.4, -0.2) is 41.5 Å². The molecule has 2 aromatic rings. The molecule has 1 saturated carbocycles. The lowest BCUT2D eigenvalue weighted by Crippen LogP contribution is -2.42. The molecule has 1 aromatic carbocycles. The molecule has 1 aliphatic rings. The summed E-state index contributed by atoms with van der Waals surface area (Å²) in [6, 6.07) is 10.3. The second kappa shape index (κ2) is 8.94. The number of ketones is 1. The first kappa shape index (κ1) is 20.6. The first-order valence-corrected chi connectivity index (χ1v) is 9.72. The monoisotopic (exact) mass is 398 g/mol. The third-order valence-corrected chi connectivity index (χ3v) is 4.89. The highest BCUT2D eigenvalue weighted by Crippen LogP contribution is 2.38. The van der Waals surface area contributed by atoms with Gasteiger partial charge in [-0.05, 0) is 51.8 Å². The van der Waals surface area contributed by atoms with Gasteiger partial charge in [-0.2, -0.15) is 0 Å².